The highest BCUT2D eigenvalue weighted by Gasteiger charge is 2.59. The minimum Gasteiger partial charge on any atom is -0.455 e. The molecule has 2 aliphatic heterocycles. The summed E-state index contributed by atoms with van der Waals surface area (Å²) in [5.74, 6) is -2.16. The predicted molar refractivity (Wildman–Crippen MR) is 83.9 cm³/mol. The van der Waals surface area contributed by atoms with Gasteiger partial charge in [0.05, 0.1) is 12.0 Å². The first kappa shape index (κ1) is 16.8. The van der Waals surface area contributed by atoms with Gasteiger partial charge in [0.15, 0.2) is 6.29 Å². The van der Waals surface area contributed by atoms with Crippen molar-refractivity contribution < 1.29 is 28.5 Å². The molecule has 24 heavy (non-hydrogen) atoms. The fourth-order valence-corrected chi connectivity index (χ4v) is 3.35. The van der Waals surface area contributed by atoms with E-state index in [0.717, 1.165) is 5.56 Å². The Hall–Kier alpha value is -2.02. The molecule has 0 aromatic heterocycles. The van der Waals surface area contributed by atoms with E-state index in [1.807, 2.05) is 36.4 Å². The van der Waals surface area contributed by atoms with Crippen LogP contribution < -0.4 is 0 Å². The number of carbonyl (C=O) groups is 2. The van der Waals surface area contributed by atoms with Gasteiger partial charge in [-0.1, -0.05) is 36.4 Å². The van der Waals surface area contributed by atoms with E-state index in [-0.39, 0.29) is 12.7 Å². The molecule has 0 amide bonds. The Labute approximate surface area is 140 Å². The SMILES string of the molecule is COC(OC)C12C=CC(CC1C(=O)C(=O)OCc1ccccc1)O2. The van der Waals surface area contributed by atoms with Crippen LogP contribution >= 0.6 is 0 Å². The highest BCUT2D eigenvalue weighted by molar-refractivity contribution is 6.34. The number of carbonyl (C=O) groups excluding carboxylic acids is 2. The third-order valence-corrected chi connectivity index (χ3v) is 4.47. The van der Waals surface area contributed by atoms with Gasteiger partial charge in [0.1, 0.15) is 12.2 Å². The molecule has 0 spiro atoms. The molecule has 128 valence electrons. The minimum atomic E-state index is -1.07. The number of methoxy groups -OCH3 is 2. The minimum absolute atomic E-state index is 0.0588. The predicted octanol–water partition coefficient (Wildman–Crippen LogP) is 1.63. The van der Waals surface area contributed by atoms with Crippen molar-refractivity contribution >= 4 is 11.8 Å². The second-order valence-corrected chi connectivity index (χ2v) is 5.89. The molecule has 6 nitrogen and oxygen atoms in total. The van der Waals surface area contributed by atoms with Crippen LogP contribution in [-0.2, 0) is 35.1 Å². The smallest absolute Gasteiger partial charge is 0.375 e. The fraction of sp³-hybridized carbons (Fsp3) is 0.444. The van der Waals surface area contributed by atoms with Crippen LogP contribution in [0.2, 0.25) is 0 Å². The van der Waals surface area contributed by atoms with Gasteiger partial charge in [-0.05, 0) is 18.1 Å². The van der Waals surface area contributed by atoms with E-state index in [2.05, 4.69) is 0 Å². The number of esters is 1. The Morgan fingerprint density at radius 3 is 2.58 bits per heavy atom. The van der Waals surface area contributed by atoms with Crippen molar-refractivity contribution in [3.8, 4) is 0 Å². The van der Waals surface area contributed by atoms with Crippen LogP contribution in [0.4, 0.5) is 0 Å². The van der Waals surface area contributed by atoms with E-state index in [1.54, 1.807) is 6.08 Å². The summed E-state index contributed by atoms with van der Waals surface area (Å²) in [6, 6.07) is 9.21. The highest BCUT2D eigenvalue weighted by atomic mass is 16.7. The number of rotatable bonds is 7. The Bertz CT molecular complexity index is 636. The monoisotopic (exact) mass is 332 g/mol. The molecule has 0 aliphatic carbocycles. The number of hydrogen-bond acceptors (Lipinski definition) is 6. The topological polar surface area (TPSA) is 71.1 Å². The van der Waals surface area contributed by atoms with Gasteiger partial charge in [0.2, 0.25) is 5.78 Å². The van der Waals surface area contributed by atoms with Crippen LogP contribution in [0.1, 0.15) is 12.0 Å². The number of fused-ring (bicyclic) bond motifs is 2. The molecular formula is C18H20O6. The first-order valence-electron chi connectivity index (χ1n) is 7.78. The van der Waals surface area contributed by atoms with Crippen LogP contribution in [0.5, 0.6) is 0 Å². The lowest BCUT2D eigenvalue weighted by molar-refractivity contribution is -0.211. The Morgan fingerprint density at radius 1 is 1.25 bits per heavy atom. The second-order valence-electron chi connectivity index (χ2n) is 5.89. The molecule has 0 N–H and O–H groups in total. The summed E-state index contributed by atoms with van der Waals surface area (Å²) in [5, 5.41) is 0. The standard InChI is InChI=1S/C18H20O6/c1-21-17(22-2)18-9-8-13(24-18)10-14(18)15(19)16(20)23-11-12-6-4-3-5-7-12/h3-9,13-14,17H,10-11H2,1-2H3. The van der Waals surface area contributed by atoms with E-state index in [4.69, 9.17) is 18.9 Å². The molecule has 0 saturated carbocycles. The molecule has 3 atom stereocenters. The molecular weight excluding hydrogens is 312 g/mol. The molecule has 3 unspecified atom stereocenters. The Kier molecular flexibility index (Phi) is 4.80. The third-order valence-electron chi connectivity index (χ3n) is 4.47. The zero-order valence-corrected chi connectivity index (χ0v) is 13.6. The maximum absolute atomic E-state index is 12.6. The summed E-state index contributed by atoms with van der Waals surface area (Å²) in [5.41, 5.74) is -0.249. The van der Waals surface area contributed by atoms with Crippen LogP contribution in [0.25, 0.3) is 0 Å². The van der Waals surface area contributed by atoms with E-state index in [0.29, 0.717) is 6.42 Å². The zero-order chi connectivity index (χ0) is 17.2. The van der Waals surface area contributed by atoms with Gasteiger partial charge < -0.3 is 18.9 Å². The first-order chi connectivity index (χ1) is 11.6. The van der Waals surface area contributed by atoms with Crippen molar-refractivity contribution in [3.05, 3.63) is 48.0 Å². The van der Waals surface area contributed by atoms with Gasteiger partial charge in [-0.3, -0.25) is 4.79 Å². The van der Waals surface area contributed by atoms with E-state index in [9.17, 15) is 9.59 Å². The average Bonchev–Trinajstić information content (AvgIpc) is 3.20. The fourth-order valence-electron chi connectivity index (χ4n) is 3.35. The molecule has 1 saturated heterocycles. The third kappa shape index (κ3) is 2.88. The lowest BCUT2D eigenvalue weighted by atomic mass is 9.79. The van der Waals surface area contributed by atoms with Gasteiger partial charge in [-0.2, -0.15) is 0 Å². The summed E-state index contributed by atoms with van der Waals surface area (Å²) >= 11 is 0. The molecule has 6 heteroatoms. The van der Waals surface area contributed by atoms with Crippen molar-refractivity contribution in [1.29, 1.82) is 0 Å². The summed E-state index contributed by atoms with van der Waals surface area (Å²) in [6.45, 7) is 0.0588. The zero-order valence-electron chi connectivity index (χ0n) is 13.6. The van der Waals surface area contributed by atoms with Gasteiger partial charge in [-0.15, -0.1) is 0 Å². The Balaban J connectivity index is 1.70. The molecule has 1 fully saturated rings. The van der Waals surface area contributed by atoms with Crippen LogP contribution in [0, 0.1) is 5.92 Å². The summed E-state index contributed by atoms with van der Waals surface area (Å²) in [7, 11) is 2.95. The number of benzene rings is 1. The second kappa shape index (κ2) is 6.84. The molecule has 0 radical (unpaired) electrons. The largest absolute Gasteiger partial charge is 0.455 e. The first-order valence-corrected chi connectivity index (χ1v) is 7.78. The van der Waals surface area contributed by atoms with Crippen molar-refractivity contribution in [2.24, 2.45) is 5.92 Å². The van der Waals surface area contributed by atoms with Crippen LogP contribution in [-0.4, -0.2) is 44.0 Å². The Morgan fingerprint density at radius 2 is 1.96 bits per heavy atom. The van der Waals surface area contributed by atoms with Crippen molar-refractivity contribution in [3.63, 3.8) is 0 Å². The molecule has 1 aromatic carbocycles. The molecule has 3 rings (SSSR count). The highest BCUT2D eigenvalue weighted by Crippen LogP contribution is 2.46. The molecule has 2 bridgehead atoms. The van der Waals surface area contributed by atoms with Crippen molar-refractivity contribution in [2.75, 3.05) is 14.2 Å². The number of hydrogen-bond donors (Lipinski definition) is 0. The summed E-state index contributed by atoms with van der Waals surface area (Å²) in [4.78, 5) is 24.8. The maximum atomic E-state index is 12.6. The van der Waals surface area contributed by atoms with E-state index >= 15 is 0 Å². The summed E-state index contributed by atoms with van der Waals surface area (Å²) < 4.78 is 21.6. The van der Waals surface area contributed by atoms with Gasteiger partial charge in [0.25, 0.3) is 0 Å². The molecule has 2 aliphatic rings. The van der Waals surface area contributed by atoms with Crippen LogP contribution in [0.15, 0.2) is 42.5 Å². The number of Topliss-reactive ketones (excluding diaryl/α,β-unsaturated/α-hetero) is 1. The van der Waals surface area contributed by atoms with Gasteiger partial charge in [-0.25, -0.2) is 4.79 Å². The maximum Gasteiger partial charge on any atom is 0.375 e. The van der Waals surface area contributed by atoms with E-state index < -0.39 is 29.6 Å². The number of ether oxygens (including phenoxy) is 4. The lowest BCUT2D eigenvalue weighted by Gasteiger charge is -2.34. The van der Waals surface area contributed by atoms with Crippen molar-refractivity contribution in [1.82, 2.24) is 0 Å². The average molecular weight is 332 g/mol. The van der Waals surface area contributed by atoms with E-state index in [1.165, 1.54) is 14.2 Å². The van der Waals surface area contributed by atoms with Crippen LogP contribution in [0.3, 0.4) is 0 Å². The summed E-state index contributed by atoms with van der Waals surface area (Å²) in [6.07, 6.45) is 3.06. The molecule has 1 aromatic rings. The molecule has 2 heterocycles. The lowest BCUT2D eigenvalue weighted by Crippen LogP contribution is -2.51. The van der Waals surface area contributed by atoms with Gasteiger partial charge in [0, 0.05) is 14.2 Å². The normalized spacial score (nSPS) is 27.6. The van der Waals surface area contributed by atoms with Crippen molar-refractivity contribution in [2.45, 2.75) is 31.0 Å². The van der Waals surface area contributed by atoms with Gasteiger partial charge >= 0.3 is 5.97 Å². The number of ketones is 1. The quantitative estimate of drug-likeness (QED) is 0.327.